The molecule has 10 aromatic rings. The number of oxazole rings is 1. The highest BCUT2D eigenvalue weighted by atomic mass is 16.4. The number of benzene rings is 7. The number of aromatic nitrogens is 4. The van der Waals surface area contributed by atoms with E-state index in [1.54, 1.807) is 0 Å². The quantitative estimate of drug-likeness (QED) is 0.186. The fourth-order valence-electron chi connectivity index (χ4n) is 6.72. The van der Waals surface area contributed by atoms with E-state index in [4.69, 9.17) is 28.8 Å². The normalized spacial score (nSPS) is 11.6. The number of hydrogen-bond donors (Lipinski definition) is 0. The average Bonchev–Trinajstić information content (AvgIpc) is 3.80. The SMILES string of the molecule is c1ccc(-c2nc(-c3ccccc3)nc(-c3cc(-c4ccc5c(c4)oc4ccc6nc(-c7ccccc7)oc6c45)cc4ccccc34)n2)cc1. The van der Waals surface area contributed by atoms with Crippen LogP contribution in [0.1, 0.15) is 0 Å². The van der Waals surface area contributed by atoms with Crippen LogP contribution in [-0.4, -0.2) is 19.9 Å². The van der Waals surface area contributed by atoms with Gasteiger partial charge in [0.05, 0.1) is 5.39 Å². The van der Waals surface area contributed by atoms with E-state index < -0.39 is 0 Å². The molecule has 3 aromatic heterocycles. The summed E-state index contributed by atoms with van der Waals surface area (Å²) in [5.41, 5.74) is 8.82. The maximum Gasteiger partial charge on any atom is 0.227 e. The Bertz CT molecular complexity index is 2800. The molecule has 0 unspecified atom stereocenters. The molecule has 3 heterocycles. The van der Waals surface area contributed by atoms with Gasteiger partial charge in [-0.05, 0) is 70.4 Å². The average molecular weight is 643 g/mol. The van der Waals surface area contributed by atoms with Crippen LogP contribution in [0.3, 0.4) is 0 Å². The van der Waals surface area contributed by atoms with E-state index in [-0.39, 0.29) is 0 Å². The summed E-state index contributed by atoms with van der Waals surface area (Å²) in [6.45, 7) is 0. The van der Waals surface area contributed by atoms with Gasteiger partial charge in [0.15, 0.2) is 23.1 Å². The van der Waals surface area contributed by atoms with Crippen LogP contribution in [-0.2, 0) is 0 Å². The lowest BCUT2D eigenvalue weighted by Gasteiger charge is -2.12. The molecular formula is C44H26N4O2. The first-order valence-corrected chi connectivity index (χ1v) is 16.5. The third-order valence-electron chi connectivity index (χ3n) is 9.15. The van der Waals surface area contributed by atoms with Gasteiger partial charge in [-0.1, -0.05) is 109 Å². The molecule has 10 rings (SSSR count). The van der Waals surface area contributed by atoms with E-state index in [9.17, 15) is 0 Å². The first-order valence-electron chi connectivity index (χ1n) is 16.5. The summed E-state index contributed by atoms with van der Waals surface area (Å²) in [4.78, 5) is 19.8. The molecule has 6 heteroatoms. The third-order valence-corrected chi connectivity index (χ3v) is 9.15. The summed E-state index contributed by atoms with van der Waals surface area (Å²) in [6, 6.07) is 53.1. The maximum atomic E-state index is 6.45. The Morgan fingerprint density at radius 1 is 0.380 bits per heavy atom. The van der Waals surface area contributed by atoms with E-state index in [1.807, 2.05) is 103 Å². The minimum Gasteiger partial charge on any atom is -0.456 e. The predicted molar refractivity (Wildman–Crippen MR) is 199 cm³/mol. The van der Waals surface area contributed by atoms with Gasteiger partial charge < -0.3 is 8.83 Å². The summed E-state index contributed by atoms with van der Waals surface area (Å²) < 4.78 is 12.8. The second kappa shape index (κ2) is 11.4. The van der Waals surface area contributed by atoms with Gasteiger partial charge in [0, 0.05) is 27.6 Å². The zero-order valence-electron chi connectivity index (χ0n) is 26.6. The highest BCUT2D eigenvalue weighted by molar-refractivity contribution is 6.17. The van der Waals surface area contributed by atoms with Crippen LogP contribution in [0.2, 0.25) is 0 Å². The third kappa shape index (κ3) is 4.73. The summed E-state index contributed by atoms with van der Waals surface area (Å²) in [5.74, 6) is 2.46. The van der Waals surface area contributed by atoms with Gasteiger partial charge in [0.1, 0.15) is 16.7 Å². The number of furan rings is 1. The Morgan fingerprint density at radius 2 is 1.02 bits per heavy atom. The summed E-state index contributed by atoms with van der Waals surface area (Å²) in [7, 11) is 0. The lowest BCUT2D eigenvalue weighted by Crippen LogP contribution is -2.00. The van der Waals surface area contributed by atoms with Gasteiger partial charge in [0.25, 0.3) is 0 Å². The second-order valence-electron chi connectivity index (χ2n) is 12.3. The molecule has 234 valence electrons. The molecular weight excluding hydrogens is 617 g/mol. The topological polar surface area (TPSA) is 77.8 Å². The molecule has 0 atom stereocenters. The van der Waals surface area contributed by atoms with Crippen molar-refractivity contribution in [1.82, 2.24) is 19.9 Å². The van der Waals surface area contributed by atoms with Gasteiger partial charge in [-0.25, -0.2) is 19.9 Å². The first kappa shape index (κ1) is 28.1. The number of fused-ring (bicyclic) bond motifs is 6. The molecule has 0 aliphatic carbocycles. The van der Waals surface area contributed by atoms with Crippen molar-refractivity contribution in [3.05, 3.63) is 158 Å². The van der Waals surface area contributed by atoms with Gasteiger partial charge >= 0.3 is 0 Å². The summed E-state index contributed by atoms with van der Waals surface area (Å²) >= 11 is 0. The summed E-state index contributed by atoms with van der Waals surface area (Å²) in [6.07, 6.45) is 0. The van der Waals surface area contributed by atoms with Crippen molar-refractivity contribution in [2.75, 3.05) is 0 Å². The Morgan fingerprint density at radius 3 is 1.74 bits per heavy atom. The largest absolute Gasteiger partial charge is 0.456 e. The smallest absolute Gasteiger partial charge is 0.227 e. The van der Waals surface area contributed by atoms with Crippen molar-refractivity contribution >= 4 is 43.8 Å². The summed E-state index contributed by atoms with van der Waals surface area (Å²) in [5, 5.41) is 4.05. The molecule has 50 heavy (non-hydrogen) atoms. The van der Waals surface area contributed by atoms with E-state index >= 15 is 0 Å². The van der Waals surface area contributed by atoms with Crippen molar-refractivity contribution in [2.24, 2.45) is 0 Å². The van der Waals surface area contributed by atoms with Crippen LogP contribution in [0.25, 0.3) is 101 Å². The molecule has 0 spiro atoms. The van der Waals surface area contributed by atoms with E-state index in [1.165, 1.54) is 0 Å². The van der Waals surface area contributed by atoms with Crippen molar-refractivity contribution in [3.8, 4) is 56.7 Å². The number of hydrogen-bond acceptors (Lipinski definition) is 6. The van der Waals surface area contributed by atoms with E-state index in [2.05, 4.69) is 54.6 Å². The Kier molecular flexibility index (Phi) is 6.39. The Labute approximate surface area is 286 Å². The minimum atomic E-state index is 0.590. The molecule has 0 aliphatic rings. The maximum absolute atomic E-state index is 6.45. The molecule has 0 bridgehead atoms. The Balaban J connectivity index is 1.14. The molecule has 0 saturated carbocycles. The van der Waals surface area contributed by atoms with E-state index in [0.29, 0.717) is 23.4 Å². The van der Waals surface area contributed by atoms with Crippen molar-refractivity contribution in [1.29, 1.82) is 0 Å². The molecule has 0 aliphatic heterocycles. The molecule has 7 aromatic carbocycles. The highest BCUT2D eigenvalue weighted by Gasteiger charge is 2.19. The zero-order valence-corrected chi connectivity index (χ0v) is 26.6. The fraction of sp³-hybridized carbons (Fsp3) is 0. The van der Waals surface area contributed by atoms with Gasteiger partial charge in [-0.15, -0.1) is 0 Å². The van der Waals surface area contributed by atoms with Crippen LogP contribution in [0.15, 0.2) is 167 Å². The van der Waals surface area contributed by atoms with Crippen molar-refractivity contribution in [2.45, 2.75) is 0 Å². The van der Waals surface area contributed by atoms with Crippen molar-refractivity contribution in [3.63, 3.8) is 0 Å². The molecule has 6 nitrogen and oxygen atoms in total. The highest BCUT2D eigenvalue weighted by Crippen LogP contribution is 2.40. The van der Waals surface area contributed by atoms with E-state index in [0.717, 1.165) is 77.2 Å². The molecule has 0 saturated heterocycles. The van der Waals surface area contributed by atoms with Crippen molar-refractivity contribution < 1.29 is 8.83 Å². The predicted octanol–water partition coefficient (Wildman–Crippen LogP) is 11.4. The van der Waals surface area contributed by atoms with Gasteiger partial charge in [-0.3, -0.25) is 0 Å². The monoisotopic (exact) mass is 642 g/mol. The first-order chi connectivity index (χ1) is 24.7. The fourth-order valence-corrected chi connectivity index (χ4v) is 6.72. The van der Waals surface area contributed by atoms with Crippen LogP contribution >= 0.6 is 0 Å². The minimum absolute atomic E-state index is 0.590. The Hall–Kier alpha value is -6.92. The van der Waals surface area contributed by atoms with Crippen LogP contribution < -0.4 is 0 Å². The molecule has 0 radical (unpaired) electrons. The van der Waals surface area contributed by atoms with Gasteiger partial charge in [-0.2, -0.15) is 0 Å². The van der Waals surface area contributed by atoms with Gasteiger partial charge in [0.2, 0.25) is 5.89 Å². The lowest BCUT2D eigenvalue weighted by molar-refractivity contribution is 0.622. The molecule has 0 N–H and O–H groups in total. The van der Waals surface area contributed by atoms with Crippen LogP contribution in [0, 0.1) is 0 Å². The zero-order chi connectivity index (χ0) is 33.0. The number of rotatable bonds is 5. The van der Waals surface area contributed by atoms with Crippen LogP contribution in [0.5, 0.6) is 0 Å². The second-order valence-corrected chi connectivity index (χ2v) is 12.3. The standard InChI is InChI=1S/C44H26N4O2/c1-4-12-27(13-5-1)41-46-42(28-14-6-2-7-15-28)48-43(47-41)35-25-32(24-31-18-10-11-19-33(31)35)30-20-21-34-38(26-30)49-37-23-22-36-40(39(34)37)50-44(45-36)29-16-8-3-9-17-29/h1-26H. The lowest BCUT2D eigenvalue weighted by atomic mass is 9.95. The molecule has 0 fully saturated rings. The van der Waals surface area contributed by atoms with Crippen LogP contribution in [0.4, 0.5) is 0 Å². The molecule has 0 amide bonds. The number of nitrogens with zero attached hydrogens (tertiary/aromatic N) is 4.